The number of β-amino-alcohol motifs (C(OH)–C–C–N with tert-alkyl or cyclic N) is 1. The summed E-state index contributed by atoms with van der Waals surface area (Å²) >= 11 is 0. The van der Waals surface area contributed by atoms with Gasteiger partial charge < -0.3 is 15.1 Å². The maximum Gasteiger partial charge on any atom is 0.124 e. The van der Waals surface area contributed by atoms with Crippen molar-refractivity contribution in [2.24, 2.45) is 0 Å². The van der Waals surface area contributed by atoms with E-state index in [1.807, 2.05) is 11.0 Å². The molecule has 0 bridgehead atoms. The molecule has 2 atom stereocenters. The molecule has 13 heavy (non-hydrogen) atoms. The molecule has 5 nitrogen and oxygen atoms in total. The highest BCUT2D eigenvalue weighted by Gasteiger charge is 2.30. The van der Waals surface area contributed by atoms with Crippen LogP contribution in [0.2, 0.25) is 0 Å². The van der Waals surface area contributed by atoms with Gasteiger partial charge in [0.05, 0.1) is 24.9 Å². The van der Waals surface area contributed by atoms with Crippen molar-refractivity contribution in [2.75, 3.05) is 18.1 Å². The Kier molecular flexibility index (Phi) is 2.20. The molecular formula is C8H13N3O2. The van der Waals surface area contributed by atoms with E-state index in [4.69, 9.17) is 5.11 Å². The first-order valence-electron chi connectivity index (χ1n) is 4.36. The predicted molar refractivity (Wildman–Crippen MR) is 47.4 cm³/mol. The smallest absolute Gasteiger partial charge is 0.124 e. The highest BCUT2D eigenvalue weighted by atomic mass is 16.3. The molecule has 1 aliphatic rings. The monoisotopic (exact) mass is 183 g/mol. The second kappa shape index (κ2) is 3.35. The van der Waals surface area contributed by atoms with Crippen molar-refractivity contribution >= 4 is 5.82 Å². The number of anilines is 1. The van der Waals surface area contributed by atoms with E-state index in [0.717, 1.165) is 5.82 Å². The number of aliphatic hydroxyl groups is 2. The van der Waals surface area contributed by atoms with Crippen LogP contribution in [0.15, 0.2) is 12.3 Å². The van der Waals surface area contributed by atoms with Gasteiger partial charge in [0.2, 0.25) is 0 Å². The van der Waals surface area contributed by atoms with Crippen LogP contribution in [0, 0.1) is 0 Å². The third-order valence-corrected chi connectivity index (χ3v) is 2.40. The minimum atomic E-state index is -0.347. The normalized spacial score (nSPS) is 28.3. The summed E-state index contributed by atoms with van der Waals surface area (Å²) in [6.45, 7) is 0.628. The summed E-state index contributed by atoms with van der Waals surface area (Å²) in [7, 11) is 0. The Morgan fingerprint density at radius 1 is 1.69 bits per heavy atom. The number of aliphatic hydroxyl groups excluding tert-OH is 2. The molecule has 1 saturated heterocycles. The lowest BCUT2D eigenvalue weighted by molar-refractivity contribution is 0.184. The SMILES string of the molecule is OC[C@@H]1C[C@@H](O)CN1c1ccn[nH]1. The molecule has 0 aromatic carbocycles. The Morgan fingerprint density at radius 3 is 3.15 bits per heavy atom. The number of aromatic nitrogens is 2. The lowest BCUT2D eigenvalue weighted by Gasteiger charge is -2.22. The van der Waals surface area contributed by atoms with Gasteiger partial charge in [0.15, 0.2) is 0 Å². The van der Waals surface area contributed by atoms with Crippen LogP contribution in [0.5, 0.6) is 0 Å². The summed E-state index contributed by atoms with van der Waals surface area (Å²) in [6.07, 6.45) is 1.93. The van der Waals surface area contributed by atoms with Crippen LogP contribution < -0.4 is 4.90 Å². The van der Waals surface area contributed by atoms with E-state index in [-0.39, 0.29) is 18.8 Å². The summed E-state index contributed by atoms with van der Waals surface area (Å²) < 4.78 is 0. The Morgan fingerprint density at radius 2 is 2.54 bits per heavy atom. The summed E-state index contributed by atoms with van der Waals surface area (Å²) in [5, 5.41) is 25.1. The molecule has 72 valence electrons. The minimum absolute atomic E-state index is 0.00968. The van der Waals surface area contributed by atoms with Crippen LogP contribution in [-0.4, -0.2) is 45.7 Å². The van der Waals surface area contributed by atoms with Gasteiger partial charge in [-0.2, -0.15) is 5.10 Å². The van der Waals surface area contributed by atoms with Gasteiger partial charge in [-0.15, -0.1) is 0 Å². The summed E-state index contributed by atoms with van der Waals surface area (Å²) in [5.74, 6) is 0.857. The summed E-state index contributed by atoms with van der Waals surface area (Å²) in [5.41, 5.74) is 0. The fourth-order valence-corrected chi connectivity index (χ4v) is 1.77. The molecule has 1 aliphatic heterocycles. The lowest BCUT2D eigenvalue weighted by Crippen LogP contribution is -2.32. The first-order chi connectivity index (χ1) is 6.31. The first kappa shape index (κ1) is 8.52. The van der Waals surface area contributed by atoms with Crippen molar-refractivity contribution in [1.29, 1.82) is 0 Å². The van der Waals surface area contributed by atoms with Gasteiger partial charge >= 0.3 is 0 Å². The lowest BCUT2D eigenvalue weighted by atomic mass is 10.2. The standard InChI is InChI=1S/C8H13N3O2/c12-5-6-3-7(13)4-11(6)8-1-2-9-10-8/h1-2,6-7,12-13H,3-5H2,(H,9,10)/t6-,7+/m0/s1. The number of hydrogen-bond donors (Lipinski definition) is 3. The molecule has 0 unspecified atom stereocenters. The molecule has 1 aromatic heterocycles. The topological polar surface area (TPSA) is 72.4 Å². The molecule has 0 saturated carbocycles. The van der Waals surface area contributed by atoms with E-state index in [2.05, 4.69) is 10.2 Å². The Balaban J connectivity index is 2.14. The Hall–Kier alpha value is -1.07. The highest BCUT2D eigenvalue weighted by Crippen LogP contribution is 2.22. The van der Waals surface area contributed by atoms with Crippen molar-refractivity contribution in [2.45, 2.75) is 18.6 Å². The van der Waals surface area contributed by atoms with E-state index in [9.17, 15) is 5.11 Å². The quantitative estimate of drug-likeness (QED) is 0.569. The van der Waals surface area contributed by atoms with Crippen LogP contribution >= 0.6 is 0 Å². The molecule has 1 fully saturated rings. The molecule has 1 aromatic rings. The second-order valence-corrected chi connectivity index (χ2v) is 3.32. The molecule has 0 radical (unpaired) electrons. The average molecular weight is 183 g/mol. The van der Waals surface area contributed by atoms with Gasteiger partial charge in [-0.25, -0.2) is 0 Å². The van der Waals surface area contributed by atoms with Crippen LogP contribution in [0.25, 0.3) is 0 Å². The number of nitrogens with one attached hydrogen (secondary N) is 1. The molecule has 3 N–H and O–H groups in total. The van der Waals surface area contributed by atoms with E-state index in [1.165, 1.54) is 0 Å². The van der Waals surface area contributed by atoms with Crippen molar-refractivity contribution < 1.29 is 10.2 Å². The number of aromatic amines is 1. The highest BCUT2D eigenvalue weighted by molar-refractivity contribution is 5.40. The van der Waals surface area contributed by atoms with Gasteiger partial charge in [-0.1, -0.05) is 0 Å². The zero-order valence-corrected chi connectivity index (χ0v) is 7.22. The van der Waals surface area contributed by atoms with E-state index >= 15 is 0 Å². The van der Waals surface area contributed by atoms with E-state index < -0.39 is 0 Å². The molecule has 2 rings (SSSR count). The third-order valence-electron chi connectivity index (χ3n) is 2.40. The fourth-order valence-electron chi connectivity index (χ4n) is 1.77. The van der Waals surface area contributed by atoms with Gasteiger partial charge in [0.25, 0.3) is 0 Å². The van der Waals surface area contributed by atoms with Gasteiger partial charge in [-0.05, 0) is 6.42 Å². The molecule has 0 spiro atoms. The van der Waals surface area contributed by atoms with Crippen molar-refractivity contribution in [3.8, 4) is 0 Å². The van der Waals surface area contributed by atoms with Gasteiger partial charge in [0, 0.05) is 12.6 Å². The largest absolute Gasteiger partial charge is 0.394 e. The zero-order valence-electron chi connectivity index (χ0n) is 7.22. The number of nitrogens with zero attached hydrogens (tertiary/aromatic N) is 2. The maximum absolute atomic E-state index is 9.41. The molecule has 2 heterocycles. The number of H-pyrrole nitrogens is 1. The number of rotatable bonds is 2. The molecular weight excluding hydrogens is 170 g/mol. The molecule has 0 amide bonds. The minimum Gasteiger partial charge on any atom is -0.394 e. The van der Waals surface area contributed by atoms with Crippen LogP contribution in [0.1, 0.15) is 6.42 Å². The Labute approximate surface area is 76.0 Å². The number of hydrogen-bond acceptors (Lipinski definition) is 4. The van der Waals surface area contributed by atoms with Crippen molar-refractivity contribution in [3.63, 3.8) is 0 Å². The second-order valence-electron chi connectivity index (χ2n) is 3.32. The van der Waals surface area contributed by atoms with Crippen LogP contribution in [0.3, 0.4) is 0 Å². The van der Waals surface area contributed by atoms with Crippen molar-refractivity contribution in [3.05, 3.63) is 12.3 Å². The molecule has 0 aliphatic carbocycles. The van der Waals surface area contributed by atoms with Gasteiger partial charge in [0.1, 0.15) is 5.82 Å². The van der Waals surface area contributed by atoms with Crippen LogP contribution in [-0.2, 0) is 0 Å². The summed E-state index contributed by atoms with van der Waals surface area (Å²) in [4.78, 5) is 1.94. The first-order valence-corrected chi connectivity index (χ1v) is 4.36. The Bertz CT molecular complexity index is 262. The third kappa shape index (κ3) is 1.52. The van der Waals surface area contributed by atoms with E-state index in [0.29, 0.717) is 13.0 Å². The van der Waals surface area contributed by atoms with Crippen LogP contribution in [0.4, 0.5) is 5.82 Å². The average Bonchev–Trinajstić information content (AvgIpc) is 2.71. The fraction of sp³-hybridized carbons (Fsp3) is 0.625. The maximum atomic E-state index is 9.41. The molecule has 5 heteroatoms. The zero-order chi connectivity index (χ0) is 9.26. The predicted octanol–water partition coefficient (Wildman–Crippen LogP) is -0.658. The van der Waals surface area contributed by atoms with Crippen molar-refractivity contribution in [1.82, 2.24) is 10.2 Å². The van der Waals surface area contributed by atoms with E-state index in [1.54, 1.807) is 6.20 Å². The summed E-state index contributed by atoms with van der Waals surface area (Å²) in [6, 6.07) is 1.84. The van der Waals surface area contributed by atoms with Gasteiger partial charge in [-0.3, -0.25) is 5.10 Å².